The summed E-state index contributed by atoms with van der Waals surface area (Å²) < 4.78 is 12.2. The summed E-state index contributed by atoms with van der Waals surface area (Å²) in [5.41, 5.74) is 13.4. The number of non-ortho nitro benzene ring substituents is 1. The van der Waals surface area contributed by atoms with Crippen molar-refractivity contribution in [3.63, 3.8) is 0 Å². The molecule has 8 heteroatoms. The Labute approximate surface area is 122 Å². The van der Waals surface area contributed by atoms with Crippen molar-refractivity contribution in [1.29, 1.82) is 0 Å². The molecule has 1 aromatic rings. The Balaban J connectivity index is 2.58. The molecule has 7 nitrogen and oxygen atoms in total. The Kier molecular flexibility index (Phi) is 4.00. The first kappa shape index (κ1) is 15.4. The SMILES string of the molecule is CC1=CC(c2cccc([N+](=O)[O-])c2)C(P(N)(N)=O)=C(C)N1. The van der Waals surface area contributed by atoms with Crippen LogP contribution in [0.2, 0.25) is 0 Å². The molecule has 21 heavy (non-hydrogen) atoms. The van der Waals surface area contributed by atoms with E-state index in [0.29, 0.717) is 16.6 Å². The molecular formula is C13H17N4O3P. The number of nitro benzene ring substituents is 1. The molecule has 1 aromatic carbocycles. The van der Waals surface area contributed by atoms with Crippen LogP contribution < -0.4 is 16.3 Å². The number of hydrogen-bond acceptors (Lipinski definition) is 4. The summed E-state index contributed by atoms with van der Waals surface area (Å²) >= 11 is 0. The number of nitrogens with two attached hydrogens (primary N) is 2. The summed E-state index contributed by atoms with van der Waals surface area (Å²) in [6.07, 6.45) is 1.81. The summed E-state index contributed by atoms with van der Waals surface area (Å²) in [5.74, 6) is -0.438. The molecule has 112 valence electrons. The fraction of sp³-hybridized carbons (Fsp3) is 0.231. The van der Waals surface area contributed by atoms with Crippen LogP contribution in [-0.4, -0.2) is 4.92 Å². The van der Waals surface area contributed by atoms with Gasteiger partial charge < -0.3 is 5.32 Å². The Morgan fingerprint density at radius 2 is 2.00 bits per heavy atom. The van der Waals surface area contributed by atoms with Crippen molar-refractivity contribution in [2.45, 2.75) is 19.8 Å². The van der Waals surface area contributed by atoms with Gasteiger partial charge in [0.2, 0.25) is 7.44 Å². The highest BCUT2D eigenvalue weighted by atomic mass is 31.2. The van der Waals surface area contributed by atoms with Gasteiger partial charge in [0.1, 0.15) is 0 Å². The Hall–Kier alpha value is -1.95. The van der Waals surface area contributed by atoms with E-state index in [1.165, 1.54) is 12.1 Å². The summed E-state index contributed by atoms with van der Waals surface area (Å²) in [7, 11) is -3.48. The second kappa shape index (κ2) is 5.44. The summed E-state index contributed by atoms with van der Waals surface area (Å²) in [5, 5.41) is 14.3. The van der Waals surface area contributed by atoms with Gasteiger partial charge in [-0.3, -0.25) is 25.7 Å². The number of dihydropyridines is 1. The van der Waals surface area contributed by atoms with Gasteiger partial charge in [0.05, 0.1) is 4.92 Å². The zero-order valence-corrected chi connectivity index (χ0v) is 12.6. The van der Waals surface area contributed by atoms with Crippen molar-refractivity contribution in [3.8, 4) is 0 Å². The predicted molar refractivity (Wildman–Crippen MR) is 81.4 cm³/mol. The van der Waals surface area contributed by atoms with E-state index in [4.69, 9.17) is 11.0 Å². The fourth-order valence-electron chi connectivity index (χ4n) is 2.53. The van der Waals surface area contributed by atoms with Crippen LogP contribution in [0.25, 0.3) is 0 Å². The second-order valence-electron chi connectivity index (χ2n) is 5.02. The molecule has 1 aliphatic rings. The molecule has 1 aliphatic heterocycles. The number of benzene rings is 1. The van der Waals surface area contributed by atoms with Crippen LogP contribution in [-0.2, 0) is 4.57 Å². The van der Waals surface area contributed by atoms with E-state index in [2.05, 4.69) is 5.32 Å². The van der Waals surface area contributed by atoms with Gasteiger partial charge in [0, 0.05) is 34.8 Å². The first-order chi connectivity index (χ1) is 9.70. The third-order valence-corrected chi connectivity index (χ3v) is 4.66. The van der Waals surface area contributed by atoms with E-state index in [1.807, 2.05) is 13.0 Å². The first-order valence-corrected chi connectivity index (χ1v) is 8.13. The van der Waals surface area contributed by atoms with Crippen molar-refractivity contribution in [2.75, 3.05) is 0 Å². The molecule has 0 fully saturated rings. The highest BCUT2D eigenvalue weighted by Gasteiger charge is 2.31. The summed E-state index contributed by atoms with van der Waals surface area (Å²) in [6, 6.07) is 6.17. The van der Waals surface area contributed by atoms with E-state index < -0.39 is 18.3 Å². The van der Waals surface area contributed by atoms with Crippen molar-refractivity contribution < 1.29 is 9.49 Å². The number of hydrogen-bond donors (Lipinski definition) is 3. The van der Waals surface area contributed by atoms with E-state index >= 15 is 0 Å². The third kappa shape index (κ3) is 3.21. The molecule has 2 rings (SSSR count). The number of rotatable bonds is 3. The molecular weight excluding hydrogens is 291 g/mol. The number of nitro groups is 1. The molecule has 0 aliphatic carbocycles. The standard InChI is InChI=1S/C13H17N4O3P/c1-8-6-12(13(9(2)16-8)21(14,15)20)10-4-3-5-11(7-10)17(18)19/h3-7,12,16H,1-2H3,(H4,14,15,20). The lowest BCUT2D eigenvalue weighted by atomic mass is 9.94. The third-order valence-electron chi connectivity index (χ3n) is 3.30. The van der Waals surface area contributed by atoms with Crippen LogP contribution >= 0.6 is 7.44 Å². The maximum Gasteiger partial charge on any atom is 0.269 e. The maximum absolute atomic E-state index is 12.2. The van der Waals surface area contributed by atoms with E-state index in [9.17, 15) is 14.7 Å². The monoisotopic (exact) mass is 308 g/mol. The van der Waals surface area contributed by atoms with Crippen LogP contribution in [0.1, 0.15) is 25.3 Å². The minimum Gasteiger partial charge on any atom is -0.363 e. The predicted octanol–water partition coefficient (Wildman–Crippen LogP) is 2.53. The van der Waals surface area contributed by atoms with Gasteiger partial charge in [0.25, 0.3) is 5.69 Å². The van der Waals surface area contributed by atoms with E-state index in [1.54, 1.807) is 19.1 Å². The number of nitrogens with zero attached hydrogens (tertiary/aromatic N) is 1. The van der Waals surface area contributed by atoms with Gasteiger partial charge in [-0.2, -0.15) is 0 Å². The van der Waals surface area contributed by atoms with Crippen LogP contribution in [0.4, 0.5) is 5.69 Å². The molecule has 0 saturated heterocycles. The van der Waals surface area contributed by atoms with Crippen molar-refractivity contribution in [3.05, 3.63) is 62.7 Å². The van der Waals surface area contributed by atoms with Gasteiger partial charge in [-0.05, 0) is 19.4 Å². The normalized spacial score (nSPS) is 19.0. The van der Waals surface area contributed by atoms with E-state index in [0.717, 1.165) is 5.70 Å². The topological polar surface area (TPSA) is 124 Å². The van der Waals surface area contributed by atoms with Crippen LogP contribution in [0.5, 0.6) is 0 Å². The molecule has 0 bridgehead atoms. The Bertz CT molecular complexity index is 705. The zero-order valence-electron chi connectivity index (χ0n) is 11.7. The molecule has 5 N–H and O–H groups in total. The van der Waals surface area contributed by atoms with Gasteiger partial charge in [-0.25, -0.2) is 0 Å². The molecule has 0 radical (unpaired) electrons. The fourth-order valence-corrected chi connectivity index (χ4v) is 3.77. The summed E-state index contributed by atoms with van der Waals surface area (Å²) in [4.78, 5) is 10.4. The second-order valence-corrected chi connectivity index (χ2v) is 6.92. The average Bonchev–Trinajstić information content (AvgIpc) is 2.36. The lowest BCUT2D eigenvalue weighted by molar-refractivity contribution is -0.384. The highest BCUT2D eigenvalue weighted by molar-refractivity contribution is 7.63. The number of allylic oxidation sites excluding steroid dienone is 4. The molecule has 0 amide bonds. The molecule has 0 saturated carbocycles. The quantitative estimate of drug-likeness (QED) is 0.447. The Morgan fingerprint density at radius 3 is 2.57 bits per heavy atom. The molecule has 1 unspecified atom stereocenters. The van der Waals surface area contributed by atoms with Gasteiger partial charge in [-0.15, -0.1) is 0 Å². The van der Waals surface area contributed by atoms with Gasteiger partial charge >= 0.3 is 0 Å². The van der Waals surface area contributed by atoms with E-state index in [-0.39, 0.29) is 5.69 Å². The minimum absolute atomic E-state index is 0.0297. The number of nitrogens with one attached hydrogen (secondary N) is 1. The lowest BCUT2D eigenvalue weighted by Crippen LogP contribution is -2.24. The zero-order chi connectivity index (χ0) is 15.8. The smallest absolute Gasteiger partial charge is 0.269 e. The molecule has 1 heterocycles. The largest absolute Gasteiger partial charge is 0.363 e. The molecule has 1 atom stereocenters. The minimum atomic E-state index is -3.48. The van der Waals surface area contributed by atoms with Gasteiger partial charge in [0.15, 0.2) is 0 Å². The van der Waals surface area contributed by atoms with Crippen LogP contribution in [0.3, 0.4) is 0 Å². The lowest BCUT2D eigenvalue weighted by Gasteiger charge is -2.28. The van der Waals surface area contributed by atoms with Crippen molar-refractivity contribution in [2.24, 2.45) is 11.0 Å². The summed E-state index contributed by atoms with van der Waals surface area (Å²) in [6.45, 7) is 3.59. The van der Waals surface area contributed by atoms with Gasteiger partial charge in [-0.1, -0.05) is 18.2 Å². The first-order valence-electron chi connectivity index (χ1n) is 6.28. The van der Waals surface area contributed by atoms with Crippen molar-refractivity contribution >= 4 is 13.1 Å². The van der Waals surface area contributed by atoms with Crippen LogP contribution in [0.15, 0.2) is 47.0 Å². The van der Waals surface area contributed by atoms with Crippen molar-refractivity contribution in [1.82, 2.24) is 5.32 Å². The molecule has 0 aromatic heterocycles. The highest BCUT2D eigenvalue weighted by Crippen LogP contribution is 2.50. The molecule has 0 spiro atoms. The average molecular weight is 308 g/mol. The van der Waals surface area contributed by atoms with Crippen LogP contribution in [0, 0.1) is 10.1 Å². The Morgan fingerprint density at radius 1 is 1.33 bits per heavy atom. The maximum atomic E-state index is 12.2.